The number of ether oxygens (including phenoxy) is 2. The Labute approximate surface area is 182 Å². The predicted molar refractivity (Wildman–Crippen MR) is 118 cm³/mol. The number of hydrogen-bond donors (Lipinski definition) is 3. The van der Waals surface area contributed by atoms with Gasteiger partial charge in [-0.3, -0.25) is 10.4 Å². The van der Waals surface area contributed by atoms with E-state index in [0.29, 0.717) is 37.6 Å². The number of fused-ring (bicyclic) bond motifs is 1. The van der Waals surface area contributed by atoms with Gasteiger partial charge in [-0.2, -0.15) is 5.10 Å². The van der Waals surface area contributed by atoms with E-state index in [-0.39, 0.29) is 6.09 Å². The summed E-state index contributed by atoms with van der Waals surface area (Å²) in [5.41, 5.74) is 1.77. The van der Waals surface area contributed by atoms with Gasteiger partial charge in [0.25, 0.3) is 0 Å². The van der Waals surface area contributed by atoms with E-state index in [1.165, 1.54) is 0 Å². The third kappa shape index (κ3) is 6.37. The van der Waals surface area contributed by atoms with Crippen LogP contribution in [0.25, 0.3) is 0 Å². The number of carbonyl (C=O) groups excluding carboxylic acids is 2. The highest BCUT2D eigenvalue weighted by Crippen LogP contribution is 2.25. The van der Waals surface area contributed by atoms with E-state index in [1.54, 1.807) is 17.0 Å². The molecule has 3 N–H and O–H groups in total. The Bertz CT molecular complexity index is 902. The molecule has 1 aromatic carbocycles. The molecule has 0 radical (unpaired) electrons. The molecule has 2 aromatic rings. The Morgan fingerprint density at radius 3 is 2.61 bits per heavy atom. The minimum absolute atomic E-state index is 0.320. The maximum Gasteiger partial charge on any atom is 0.410 e. The van der Waals surface area contributed by atoms with Gasteiger partial charge in [-0.05, 0) is 51.5 Å². The predicted octanol–water partition coefficient (Wildman–Crippen LogP) is 4.53. The molecule has 31 heavy (non-hydrogen) atoms. The second-order valence-corrected chi connectivity index (χ2v) is 8.49. The lowest BCUT2D eigenvalue weighted by atomic mass is 10.1. The number of carbonyl (C=O) groups is 2. The number of rotatable bonds is 6. The normalized spacial score (nSPS) is 13.4. The molecule has 9 nitrogen and oxygen atoms in total. The molecule has 1 aromatic heterocycles. The van der Waals surface area contributed by atoms with Crippen LogP contribution in [0.3, 0.4) is 0 Å². The average Bonchev–Trinajstić information content (AvgIpc) is 3.10. The topological polar surface area (TPSA) is 109 Å². The fourth-order valence-corrected chi connectivity index (χ4v) is 3.12. The Kier molecular flexibility index (Phi) is 7.04. The van der Waals surface area contributed by atoms with Crippen molar-refractivity contribution in [3.8, 4) is 5.75 Å². The van der Waals surface area contributed by atoms with Crippen LogP contribution in [-0.2, 0) is 17.7 Å². The highest BCUT2D eigenvalue weighted by Gasteiger charge is 2.29. The van der Waals surface area contributed by atoms with Crippen LogP contribution in [0, 0.1) is 0 Å². The third-order valence-corrected chi connectivity index (χ3v) is 4.70. The summed E-state index contributed by atoms with van der Waals surface area (Å²) < 4.78 is 11.1. The minimum atomic E-state index is -0.564. The van der Waals surface area contributed by atoms with E-state index in [9.17, 15) is 9.59 Å². The van der Waals surface area contributed by atoms with Crippen molar-refractivity contribution in [3.63, 3.8) is 0 Å². The van der Waals surface area contributed by atoms with E-state index in [2.05, 4.69) is 27.8 Å². The summed E-state index contributed by atoms with van der Waals surface area (Å²) in [5.74, 6) is 1.17. The summed E-state index contributed by atoms with van der Waals surface area (Å²) in [5, 5.41) is 12.7. The first-order chi connectivity index (χ1) is 14.7. The van der Waals surface area contributed by atoms with Gasteiger partial charge >= 0.3 is 12.1 Å². The van der Waals surface area contributed by atoms with Crippen LogP contribution in [0.15, 0.2) is 24.3 Å². The van der Waals surface area contributed by atoms with Crippen LogP contribution in [0.2, 0.25) is 0 Å². The molecule has 2 heterocycles. The fraction of sp³-hybridized carbons (Fsp3) is 0.500. The lowest BCUT2D eigenvalue weighted by Gasteiger charge is -2.30. The van der Waals surface area contributed by atoms with Gasteiger partial charge in [0.05, 0.1) is 13.2 Å². The number of aromatic nitrogens is 2. The van der Waals surface area contributed by atoms with Gasteiger partial charge in [0.1, 0.15) is 11.4 Å². The number of nitrogens with one attached hydrogen (secondary N) is 3. The monoisotopic (exact) mass is 429 g/mol. The standard InChI is InChI=1S/C22H31N5O4/c1-5-6-13-30-16-9-7-15(8-10-16)23-20(28)24-19-17-14-27(12-11-18(17)25-26-19)21(29)31-22(2,3)4/h7-10H,5-6,11-14H2,1-4H3,(H3,23,24,25,26,28). The first-order valence-electron chi connectivity index (χ1n) is 10.6. The molecule has 3 rings (SSSR count). The number of urea groups is 1. The van der Waals surface area contributed by atoms with Crippen LogP contribution in [0.4, 0.5) is 21.1 Å². The zero-order valence-corrected chi connectivity index (χ0v) is 18.6. The first-order valence-corrected chi connectivity index (χ1v) is 10.6. The maximum atomic E-state index is 12.5. The Balaban J connectivity index is 1.57. The highest BCUT2D eigenvalue weighted by atomic mass is 16.6. The molecule has 168 valence electrons. The molecule has 1 aliphatic rings. The molecule has 1 aliphatic heterocycles. The van der Waals surface area contributed by atoms with E-state index >= 15 is 0 Å². The van der Waals surface area contributed by atoms with E-state index in [1.807, 2.05) is 32.9 Å². The van der Waals surface area contributed by atoms with Crippen LogP contribution in [0.1, 0.15) is 51.8 Å². The van der Waals surface area contributed by atoms with E-state index in [0.717, 1.165) is 29.8 Å². The number of aromatic amines is 1. The summed E-state index contributed by atoms with van der Waals surface area (Å²) in [6.45, 7) is 9.13. The highest BCUT2D eigenvalue weighted by molar-refractivity contribution is 5.99. The van der Waals surface area contributed by atoms with E-state index in [4.69, 9.17) is 9.47 Å². The summed E-state index contributed by atoms with van der Waals surface area (Å²) in [4.78, 5) is 26.5. The molecular formula is C22H31N5O4. The number of hydrogen-bond acceptors (Lipinski definition) is 5. The quantitative estimate of drug-likeness (QED) is 0.585. The lowest BCUT2D eigenvalue weighted by Crippen LogP contribution is -2.40. The lowest BCUT2D eigenvalue weighted by molar-refractivity contribution is 0.0224. The van der Waals surface area contributed by atoms with Crippen molar-refractivity contribution in [3.05, 3.63) is 35.5 Å². The van der Waals surface area contributed by atoms with Gasteiger partial charge in [-0.15, -0.1) is 0 Å². The van der Waals surface area contributed by atoms with Crippen molar-refractivity contribution in [2.75, 3.05) is 23.8 Å². The second kappa shape index (κ2) is 9.72. The summed E-state index contributed by atoms with van der Waals surface area (Å²) in [6, 6.07) is 6.79. The van der Waals surface area contributed by atoms with E-state index < -0.39 is 11.6 Å². The Hall–Kier alpha value is -3.23. The minimum Gasteiger partial charge on any atom is -0.494 e. The molecule has 0 spiro atoms. The Morgan fingerprint density at radius 2 is 1.94 bits per heavy atom. The molecule has 9 heteroatoms. The number of nitrogens with zero attached hydrogens (tertiary/aromatic N) is 2. The van der Waals surface area contributed by atoms with Crippen molar-refractivity contribution in [2.45, 2.75) is 59.1 Å². The summed E-state index contributed by atoms with van der Waals surface area (Å²) >= 11 is 0. The summed E-state index contributed by atoms with van der Waals surface area (Å²) in [7, 11) is 0. The van der Waals surface area contributed by atoms with Crippen molar-refractivity contribution in [2.24, 2.45) is 0 Å². The number of unbranched alkanes of at least 4 members (excludes halogenated alkanes) is 1. The molecule has 0 bridgehead atoms. The second-order valence-electron chi connectivity index (χ2n) is 8.49. The molecule has 0 saturated heterocycles. The third-order valence-electron chi connectivity index (χ3n) is 4.70. The number of H-pyrrole nitrogens is 1. The van der Waals surface area contributed by atoms with Crippen LogP contribution in [0.5, 0.6) is 5.75 Å². The average molecular weight is 430 g/mol. The van der Waals surface area contributed by atoms with Crippen molar-refractivity contribution in [1.29, 1.82) is 0 Å². The molecule has 0 unspecified atom stereocenters. The van der Waals surface area contributed by atoms with Crippen LogP contribution in [-0.4, -0.2) is 46.0 Å². The number of amides is 3. The largest absolute Gasteiger partial charge is 0.494 e. The zero-order valence-electron chi connectivity index (χ0n) is 18.6. The van der Waals surface area contributed by atoms with Crippen molar-refractivity contribution < 1.29 is 19.1 Å². The van der Waals surface area contributed by atoms with Gasteiger partial charge in [0.15, 0.2) is 5.82 Å². The number of benzene rings is 1. The Morgan fingerprint density at radius 1 is 1.19 bits per heavy atom. The van der Waals surface area contributed by atoms with Gasteiger partial charge in [-0.25, -0.2) is 9.59 Å². The maximum absolute atomic E-state index is 12.5. The molecule has 0 fully saturated rings. The van der Waals surface area contributed by atoms with Crippen LogP contribution >= 0.6 is 0 Å². The zero-order chi connectivity index (χ0) is 22.4. The van der Waals surface area contributed by atoms with Gasteiger partial charge in [0, 0.05) is 29.9 Å². The molecule has 0 aliphatic carbocycles. The molecule has 0 atom stereocenters. The number of anilines is 2. The van der Waals surface area contributed by atoms with Crippen molar-refractivity contribution >= 4 is 23.6 Å². The SMILES string of the molecule is CCCCOc1ccc(NC(=O)Nc2n[nH]c3c2CN(C(=O)OC(C)(C)C)CC3)cc1. The molecule has 0 saturated carbocycles. The van der Waals surface area contributed by atoms with Gasteiger partial charge in [-0.1, -0.05) is 13.3 Å². The van der Waals surface area contributed by atoms with Crippen molar-refractivity contribution in [1.82, 2.24) is 15.1 Å². The fourth-order valence-electron chi connectivity index (χ4n) is 3.12. The van der Waals surface area contributed by atoms with Crippen LogP contribution < -0.4 is 15.4 Å². The smallest absolute Gasteiger partial charge is 0.410 e. The summed E-state index contributed by atoms with van der Waals surface area (Å²) in [6.07, 6.45) is 2.31. The molecular weight excluding hydrogens is 398 g/mol. The van der Waals surface area contributed by atoms with Gasteiger partial charge in [0.2, 0.25) is 0 Å². The molecule has 3 amide bonds. The van der Waals surface area contributed by atoms with Gasteiger partial charge < -0.3 is 19.7 Å². The first kappa shape index (κ1) is 22.5.